The molecule has 35 heavy (non-hydrogen) atoms. The number of hydrogen-bond acceptors (Lipinski definition) is 9. The SMILES string of the molecule is COc1c(Nc2cc(C)[nH]n2)nc(Sc2ccc(NC(C)=O)cc2)nc1N1C2CCC1CC(O)C2. The Morgan fingerprint density at radius 1 is 1.20 bits per heavy atom. The molecule has 0 saturated carbocycles. The summed E-state index contributed by atoms with van der Waals surface area (Å²) in [5.74, 6) is 2.35. The first-order valence-corrected chi connectivity index (χ1v) is 12.5. The van der Waals surface area contributed by atoms with Gasteiger partial charge in [-0.05, 0) is 68.6 Å². The van der Waals surface area contributed by atoms with Crippen LogP contribution in [0.4, 0.5) is 23.1 Å². The number of carbonyl (C=O) groups excluding carboxylic acids is 1. The number of aryl methyl sites for hydroxylation is 1. The first-order valence-electron chi connectivity index (χ1n) is 11.7. The van der Waals surface area contributed by atoms with E-state index in [1.165, 1.54) is 18.7 Å². The predicted molar refractivity (Wildman–Crippen MR) is 135 cm³/mol. The molecule has 0 aliphatic carbocycles. The van der Waals surface area contributed by atoms with Crippen LogP contribution in [0.25, 0.3) is 0 Å². The minimum atomic E-state index is -0.280. The second-order valence-corrected chi connectivity index (χ2v) is 10.0. The highest BCUT2D eigenvalue weighted by Gasteiger charge is 2.42. The van der Waals surface area contributed by atoms with Gasteiger partial charge in [-0.2, -0.15) is 5.10 Å². The number of aromatic amines is 1. The fraction of sp³-hybridized carbons (Fsp3) is 0.417. The Kier molecular flexibility index (Phi) is 6.52. The Hall–Kier alpha value is -3.31. The van der Waals surface area contributed by atoms with Crippen LogP contribution in [-0.2, 0) is 4.79 Å². The summed E-state index contributed by atoms with van der Waals surface area (Å²) in [6, 6.07) is 9.88. The number of nitrogens with zero attached hydrogens (tertiary/aromatic N) is 4. The van der Waals surface area contributed by atoms with E-state index in [4.69, 9.17) is 14.7 Å². The van der Waals surface area contributed by atoms with Gasteiger partial charge < -0.3 is 25.4 Å². The number of piperidine rings is 1. The third-order valence-corrected chi connectivity index (χ3v) is 7.19. The van der Waals surface area contributed by atoms with Crippen LogP contribution < -0.4 is 20.3 Å². The van der Waals surface area contributed by atoms with Crippen LogP contribution in [-0.4, -0.2) is 56.5 Å². The van der Waals surface area contributed by atoms with Crippen molar-refractivity contribution in [2.45, 2.75) is 67.8 Å². The largest absolute Gasteiger partial charge is 0.490 e. The van der Waals surface area contributed by atoms with Gasteiger partial charge in [-0.3, -0.25) is 9.89 Å². The van der Waals surface area contributed by atoms with Gasteiger partial charge in [0.1, 0.15) is 0 Å². The number of benzene rings is 1. The van der Waals surface area contributed by atoms with E-state index in [0.29, 0.717) is 22.5 Å². The van der Waals surface area contributed by atoms with Crippen LogP contribution in [0.5, 0.6) is 5.75 Å². The van der Waals surface area contributed by atoms with Crippen molar-refractivity contribution in [1.29, 1.82) is 0 Å². The van der Waals surface area contributed by atoms with Gasteiger partial charge in [-0.25, -0.2) is 9.97 Å². The zero-order valence-electron chi connectivity index (χ0n) is 19.9. The summed E-state index contributed by atoms with van der Waals surface area (Å²) in [7, 11) is 1.62. The number of hydrogen-bond donors (Lipinski definition) is 4. The van der Waals surface area contributed by atoms with Crippen LogP contribution >= 0.6 is 11.8 Å². The third kappa shape index (κ3) is 5.06. The molecule has 2 aliphatic rings. The normalized spacial score (nSPS) is 21.1. The van der Waals surface area contributed by atoms with Crippen molar-refractivity contribution in [3.05, 3.63) is 36.0 Å². The number of aromatic nitrogens is 4. The van der Waals surface area contributed by atoms with Gasteiger partial charge in [-0.15, -0.1) is 0 Å². The molecule has 2 saturated heterocycles. The van der Waals surface area contributed by atoms with E-state index in [-0.39, 0.29) is 24.1 Å². The first-order chi connectivity index (χ1) is 16.9. The van der Waals surface area contributed by atoms with E-state index in [0.717, 1.165) is 47.8 Å². The Bertz CT molecular complexity index is 1200. The molecule has 2 unspecified atom stereocenters. The molecule has 0 radical (unpaired) electrons. The summed E-state index contributed by atoms with van der Waals surface area (Å²) in [4.78, 5) is 24.3. The Labute approximate surface area is 207 Å². The summed E-state index contributed by atoms with van der Waals surface area (Å²) >= 11 is 1.43. The van der Waals surface area contributed by atoms with Crippen LogP contribution in [0.2, 0.25) is 0 Å². The van der Waals surface area contributed by atoms with Crippen molar-refractivity contribution >= 4 is 40.8 Å². The number of methoxy groups -OCH3 is 1. The molecule has 184 valence electrons. The Morgan fingerprint density at radius 2 is 1.91 bits per heavy atom. The number of amides is 1. The van der Waals surface area contributed by atoms with Gasteiger partial charge in [0.05, 0.1) is 13.2 Å². The minimum Gasteiger partial charge on any atom is -0.490 e. The van der Waals surface area contributed by atoms with E-state index >= 15 is 0 Å². The molecule has 10 nitrogen and oxygen atoms in total. The molecule has 3 aromatic rings. The van der Waals surface area contributed by atoms with Gasteiger partial charge in [-0.1, -0.05) is 0 Å². The quantitative estimate of drug-likeness (QED) is 0.361. The Balaban J connectivity index is 1.52. The molecule has 11 heteroatoms. The molecule has 2 aromatic heterocycles. The average molecular weight is 496 g/mol. The highest BCUT2D eigenvalue weighted by molar-refractivity contribution is 7.99. The van der Waals surface area contributed by atoms with Crippen LogP contribution in [0.1, 0.15) is 38.3 Å². The first kappa shape index (κ1) is 23.4. The number of aliphatic hydroxyl groups excluding tert-OH is 1. The lowest BCUT2D eigenvalue weighted by Gasteiger charge is -2.38. The molecule has 1 aromatic carbocycles. The molecule has 4 heterocycles. The molecule has 2 fully saturated rings. The number of ether oxygens (including phenoxy) is 1. The van der Waals surface area contributed by atoms with Crippen molar-refractivity contribution in [2.75, 3.05) is 22.6 Å². The monoisotopic (exact) mass is 495 g/mol. The van der Waals surface area contributed by atoms with Gasteiger partial charge >= 0.3 is 0 Å². The maximum absolute atomic E-state index is 11.3. The molecular weight excluding hydrogens is 466 g/mol. The van der Waals surface area contributed by atoms with Crippen LogP contribution in [0.3, 0.4) is 0 Å². The van der Waals surface area contributed by atoms with E-state index < -0.39 is 0 Å². The van der Waals surface area contributed by atoms with E-state index in [2.05, 4.69) is 25.7 Å². The van der Waals surface area contributed by atoms with Crippen molar-refractivity contribution < 1.29 is 14.6 Å². The van der Waals surface area contributed by atoms with E-state index in [1.807, 2.05) is 37.3 Å². The standard InChI is InChI=1S/C24H29N7O3S/c1-13-10-20(30-29-13)26-22-21(34-3)23(31-16-6-7-17(31)12-18(33)11-16)28-24(27-22)35-19-8-4-15(5-9-19)25-14(2)32/h4-5,8-10,16-18,33H,6-7,11-12H2,1-3H3,(H,25,32)(H2,26,27,28,29,30). The summed E-state index contributed by atoms with van der Waals surface area (Å²) in [6.45, 7) is 3.42. The zero-order chi connectivity index (χ0) is 24.5. The smallest absolute Gasteiger partial charge is 0.221 e. The fourth-order valence-corrected chi connectivity index (χ4v) is 5.68. The van der Waals surface area contributed by atoms with Gasteiger partial charge in [0.2, 0.25) is 11.7 Å². The highest BCUT2D eigenvalue weighted by Crippen LogP contribution is 2.45. The number of H-pyrrole nitrogens is 1. The van der Waals surface area contributed by atoms with Crippen LogP contribution in [0, 0.1) is 6.92 Å². The molecule has 2 atom stereocenters. The zero-order valence-corrected chi connectivity index (χ0v) is 20.7. The molecular formula is C24H29N7O3S. The van der Waals surface area contributed by atoms with Crippen molar-refractivity contribution in [2.24, 2.45) is 0 Å². The lowest BCUT2D eigenvalue weighted by atomic mass is 10.00. The second-order valence-electron chi connectivity index (χ2n) is 9.00. The second kappa shape index (κ2) is 9.74. The maximum Gasteiger partial charge on any atom is 0.221 e. The maximum atomic E-state index is 11.3. The van der Waals surface area contributed by atoms with E-state index in [9.17, 15) is 9.90 Å². The van der Waals surface area contributed by atoms with Crippen molar-refractivity contribution in [3.8, 4) is 5.75 Å². The predicted octanol–water partition coefficient (Wildman–Crippen LogP) is 3.86. The molecule has 0 spiro atoms. The number of carbonyl (C=O) groups is 1. The summed E-state index contributed by atoms with van der Waals surface area (Å²) in [6.07, 6.45) is 3.19. The average Bonchev–Trinajstić information content (AvgIpc) is 3.34. The van der Waals surface area contributed by atoms with Gasteiger partial charge in [0.15, 0.2) is 22.6 Å². The third-order valence-electron chi connectivity index (χ3n) is 6.32. The number of nitrogens with one attached hydrogen (secondary N) is 3. The number of rotatable bonds is 7. The van der Waals surface area contributed by atoms with Crippen molar-refractivity contribution in [3.63, 3.8) is 0 Å². The molecule has 2 bridgehead atoms. The summed E-state index contributed by atoms with van der Waals surface area (Å²) < 4.78 is 5.84. The summed E-state index contributed by atoms with van der Waals surface area (Å²) in [5.41, 5.74) is 1.66. The van der Waals surface area contributed by atoms with Gasteiger partial charge in [0, 0.05) is 41.4 Å². The number of fused-ring (bicyclic) bond motifs is 2. The Morgan fingerprint density at radius 3 is 2.51 bits per heavy atom. The molecule has 5 rings (SSSR count). The fourth-order valence-electron chi connectivity index (χ4n) is 4.92. The number of aliphatic hydroxyl groups is 1. The highest BCUT2D eigenvalue weighted by atomic mass is 32.2. The molecule has 2 aliphatic heterocycles. The van der Waals surface area contributed by atoms with Crippen molar-refractivity contribution in [1.82, 2.24) is 20.2 Å². The lowest BCUT2D eigenvalue weighted by molar-refractivity contribution is -0.114. The van der Waals surface area contributed by atoms with E-state index in [1.54, 1.807) is 7.11 Å². The lowest BCUT2D eigenvalue weighted by Crippen LogP contribution is -2.45. The number of anilines is 4. The summed E-state index contributed by atoms with van der Waals surface area (Å²) in [5, 5.41) is 24.2. The molecule has 1 amide bonds. The molecule has 4 N–H and O–H groups in total. The van der Waals surface area contributed by atoms with Gasteiger partial charge in [0.25, 0.3) is 0 Å². The topological polar surface area (TPSA) is 128 Å². The minimum absolute atomic E-state index is 0.112. The van der Waals surface area contributed by atoms with Crippen LogP contribution in [0.15, 0.2) is 40.4 Å².